The van der Waals surface area contributed by atoms with Crippen LogP contribution in [0.1, 0.15) is 43.3 Å². The standard InChI is InChI=1S/C32H46N5O16PS3/c1-15-10-36(31(46)34-28(15)44)23-8-18(41)22(51-23)14-49-54(48,53-19-9-24(50-20(19)12-38)37-11-16(2)29(45)35-32(37)47)55-6-4-5-7-56-57-30-25(33-17(3)40)27(43)26(42)21(13-39)52-30/h4-5,10-11,18-27,30,38-39,41-43H,6-9,12-14H2,1-3H3,(H,33,40)(H,34,44,46)(H,35,45,47)/b5-4-/t18?,19?,20?,21?,22-,23-,24?,25+,26-,27?,30+,54?/m1/s1. The molecule has 1 amide bonds. The fourth-order valence-corrected chi connectivity index (χ4v) is 11.7. The predicted molar refractivity (Wildman–Crippen MR) is 208 cm³/mol. The van der Waals surface area contributed by atoms with Crippen molar-refractivity contribution in [3.05, 3.63) is 77.3 Å². The molecule has 5 heterocycles. The summed E-state index contributed by atoms with van der Waals surface area (Å²) in [6.07, 6.45) is -4.32. The topological polar surface area (TPSA) is 303 Å². The Hall–Kier alpha value is -2.55. The van der Waals surface area contributed by atoms with Gasteiger partial charge in [-0.3, -0.25) is 42.5 Å². The van der Waals surface area contributed by atoms with Gasteiger partial charge in [0.2, 0.25) is 5.91 Å². The van der Waals surface area contributed by atoms with Crippen molar-refractivity contribution < 1.29 is 58.2 Å². The Bertz CT molecular complexity index is 2030. The maximum atomic E-state index is 14.4. The Morgan fingerprint density at radius 3 is 2.07 bits per heavy atom. The number of hydrogen-bond donors (Lipinski definition) is 8. The Morgan fingerprint density at radius 1 is 0.895 bits per heavy atom. The number of nitrogens with zero attached hydrogens (tertiary/aromatic N) is 2. The minimum Gasteiger partial charge on any atom is -0.394 e. The van der Waals surface area contributed by atoms with Gasteiger partial charge in [0.25, 0.3) is 11.1 Å². The van der Waals surface area contributed by atoms with Crippen molar-refractivity contribution >= 4 is 45.7 Å². The number of rotatable bonds is 17. The third-order valence-electron chi connectivity index (χ3n) is 9.21. The molecule has 12 atom stereocenters. The summed E-state index contributed by atoms with van der Waals surface area (Å²) in [4.78, 5) is 64.9. The number of carbonyl (C=O) groups excluding carboxylic acids is 1. The maximum Gasteiger partial charge on any atom is 0.389 e. The second-order valence-corrected chi connectivity index (χ2v) is 20.0. The smallest absolute Gasteiger partial charge is 0.389 e. The van der Waals surface area contributed by atoms with Gasteiger partial charge >= 0.3 is 18.2 Å². The van der Waals surface area contributed by atoms with E-state index in [-0.39, 0.29) is 29.7 Å². The van der Waals surface area contributed by atoms with Crippen LogP contribution in [0.3, 0.4) is 0 Å². The van der Waals surface area contributed by atoms with Gasteiger partial charge in [-0.05, 0) is 25.2 Å². The summed E-state index contributed by atoms with van der Waals surface area (Å²) in [6, 6.07) is -0.953. The van der Waals surface area contributed by atoms with E-state index in [0.29, 0.717) is 5.75 Å². The van der Waals surface area contributed by atoms with Crippen LogP contribution in [-0.2, 0) is 32.6 Å². The molecule has 2 aromatic rings. The maximum absolute atomic E-state index is 14.4. The lowest BCUT2D eigenvalue weighted by Gasteiger charge is -2.41. The van der Waals surface area contributed by atoms with Gasteiger partial charge in [-0.1, -0.05) is 33.7 Å². The minimum atomic E-state index is -4.21. The first-order chi connectivity index (χ1) is 27.0. The van der Waals surface area contributed by atoms with Gasteiger partial charge in [0, 0.05) is 54.8 Å². The second kappa shape index (κ2) is 20.1. The Balaban J connectivity index is 1.25. The van der Waals surface area contributed by atoms with Crippen molar-refractivity contribution in [3.8, 4) is 0 Å². The molecule has 0 saturated carbocycles. The molecule has 5 rings (SSSR count). The van der Waals surface area contributed by atoms with Gasteiger partial charge < -0.3 is 45.1 Å². The molecule has 3 aliphatic heterocycles. The molecule has 318 valence electrons. The average molecular weight is 884 g/mol. The monoisotopic (exact) mass is 883 g/mol. The predicted octanol–water partition coefficient (Wildman–Crippen LogP) is -1.24. The zero-order valence-corrected chi connectivity index (χ0v) is 34.2. The summed E-state index contributed by atoms with van der Waals surface area (Å²) >= 11 is 0.775. The Labute approximate surface area is 336 Å². The van der Waals surface area contributed by atoms with E-state index in [0.717, 1.165) is 31.3 Å². The first kappa shape index (κ1) is 45.5. The molecule has 57 heavy (non-hydrogen) atoms. The average Bonchev–Trinajstić information content (AvgIpc) is 3.74. The summed E-state index contributed by atoms with van der Waals surface area (Å²) in [5.74, 6) is -0.0223. The van der Waals surface area contributed by atoms with Crippen LogP contribution in [0.15, 0.2) is 43.7 Å². The normalized spacial score (nSPS) is 31.5. The number of H-pyrrole nitrogens is 2. The number of aliphatic hydroxyl groups is 5. The molecule has 8 N–H and O–H groups in total. The summed E-state index contributed by atoms with van der Waals surface area (Å²) in [7, 11) is 2.44. The molecule has 3 saturated heterocycles. The molecule has 0 bridgehead atoms. The van der Waals surface area contributed by atoms with Gasteiger partial charge in [0.1, 0.15) is 54.5 Å². The molecule has 7 unspecified atom stereocenters. The van der Waals surface area contributed by atoms with Gasteiger partial charge in [-0.15, -0.1) is 0 Å². The van der Waals surface area contributed by atoms with E-state index in [9.17, 15) is 54.1 Å². The Morgan fingerprint density at radius 2 is 1.47 bits per heavy atom. The van der Waals surface area contributed by atoms with Crippen LogP contribution in [0.5, 0.6) is 0 Å². The van der Waals surface area contributed by atoms with Crippen molar-refractivity contribution in [2.24, 2.45) is 0 Å². The fraction of sp³-hybridized carbons (Fsp3) is 0.656. The van der Waals surface area contributed by atoms with E-state index in [1.165, 1.54) is 44.0 Å². The molecule has 3 fully saturated rings. The van der Waals surface area contributed by atoms with Crippen LogP contribution >= 0.6 is 39.8 Å². The highest BCUT2D eigenvalue weighted by atomic mass is 33.1. The first-order valence-corrected chi connectivity index (χ1v) is 23.2. The fourth-order valence-electron chi connectivity index (χ4n) is 6.18. The third-order valence-corrected chi connectivity index (χ3v) is 15.3. The molecule has 25 heteroatoms. The van der Waals surface area contributed by atoms with E-state index in [1.54, 1.807) is 12.2 Å². The van der Waals surface area contributed by atoms with Crippen LogP contribution in [0.4, 0.5) is 0 Å². The highest BCUT2D eigenvalue weighted by molar-refractivity contribution is 8.77. The highest BCUT2D eigenvalue weighted by Gasteiger charge is 2.46. The van der Waals surface area contributed by atoms with E-state index in [1.807, 2.05) is 0 Å². The van der Waals surface area contributed by atoms with Gasteiger partial charge in [0.15, 0.2) is 0 Å². The summed E-state index contributed by atoms with van der Waals surface area (Å²) < 4.78 is 46.0. The van der Waals surface area contributed by atoms with Crippen molar-refractivity contribution in [1.82, 2.24) is 24.4 Å². The van der Waals surface area contributed by atoms with Crippen molar-refractivity contribution in [3.63, 3.8) is 0 Å². The molecule has 0 aromatic carbocycles. The number of aromatic nitrogens is 4. The Kier molecular flexibility index (Phi) is 16.1. The first-order valence-electron chi connectivity index (χ1n) is 17.7. The second-order valence-electron chi connectivity index (χ2n) is 13.4. The zero-order valence-electron chi connectivity index (χ0n) is 30.9. The SMILES string of the molecule is CC(=O)N[C@H]1C(O)[C@H](O)C(CO)O[C@H]1SSC/C=C\CSP(=O)(OC[C@H]1O[C@@H](n2cc(C)c(=O)[nH]c2=O)CC1O)OC1CC(n2cc(C)c(=O)[nH]c2=O)OC1CO. The van der Waals surface area contributed by atoms with Crippen molar-refractivity contribution in [1.29, 1.82) is 0 Å². The largest absolute Gasteiger partial charge is 0.394 e. The van der Waals surface area contributed by atoms with E-state index >= 15 is 0 Å². The van der Waals surface area contributed by atoms with Gasteiger partial charge in [-0.25, -0.2) is 14.2 Å². The molecule has 2 aromatic heterocycles. The van der Waals surface area contributed by atoms with Crippen molar-refractivity contribution in [2.75, 3.05) is 31.3 Å². The number of aryl methyl sites for hydroxylation is 2. The van der Waals surface area contributed by atoms with Crippen LogP contribution in [-0.4, -0.2) is 136 Å². The molecule has 0 spiro atoms. The number of aromatic amines is 2. The molecule has 0 radical (unpaired) electrons. The summed E-state index contributed by atoms with van der Waals surface area (Å²) in [5, 5.41) is 53.8. The van der Waals surface area contributed by atoms with E-state index in [2.05, 4.69) is 15.3 Å². The number of hydrogen-bond acceptors (Lipinski definition) is 19. The lowest BCUT2D eigenvalue weighted by molar-refractivity contribution is -0.173. The zero-order chi connectivity index (χ0) is 41.6. The summed E-state index contributed by atoms with van der Waals surface area (Å²) in [6.45, 7) is -1.54. The van der Waals surface area contributed by atoms with Crippen molar-refractivity contribution in [2.45, 2.75) is 100 Å². The van der Waals surface area contributed by atoms with Crippen LogP contribution in [0, 0.1) is 13.8 Å². The molecule has 0 aliphatic carbocycles. The summed E-state index contributed by atoms with van der Waals surface area (Å²) in [5.41, 5.74) is -2.99. The third kappa shape index (κ3) is 11.4. The number of aliphatic hydroxyl groups excluding tert-OH is 5. The number of nitrogens with one attached hydrogen (secondary N) is 3. The molecular formula is C32H46N5O16PS3. The van der Waals surface area contributed by atoms with E-state index in [4.69, 9.17) is 23.3 Å². The number of ether oxygens (including phenoxy) is 3. The van der Waals surface area contributed by atoms with Crippen LogP contribution in [0.25, 0.3) is 0 Å². The number of carbonyl (C=O) groups is 1. The van der Waals surface area contributed by atoms with Gasteiger partial charge in [-0.2, -0.15) is 0 Å². The quantitative estimate of drug-likeness (QED) is 0.0399. The van der Waals surface area contributed by atoms with E-state index < -0.39 is 122 Å². The van der Waals surface area contributed by atoms with Crippen LogP contribution < -0.4 is 27.8 Å². The molecule has 21 nitrogen and oxygen atoms in total. The lowest BCUT2D eigenvalue weighted by atomic mass is 9.98. The minimum absolute atomic E-state index is 0.0497. The lowest BCUT2D eigenvalue weighted by Crippen LogP contribution is -2.62. The van der Waals surface area contributed by atoms with Gasteiger partial charge in [0.05, 0.1) is 32.0 Å². The molecular weight excluding hydrogens is 838 g/mol. The van der Waals surface area contributed by atoms with Crippen LogP contribution in [0.2, 0.25) is 0 Å². The molecule has 3 aliphatic rings. The number of amides is 1. The highest BCUT2D eigenvalue weighted by Crippen LogP contribution is 2.63.